The average molecular weight is 425 g/mol. The molecule has 1 saturated heterocycles. The minimum Gasteiger partial charge on any atom is -0.367 e. The monoisotopic (exact) mass is 424 g/mol. The van der Waals surface area contributed by atoms with Crippen molar-refractivity contribution in [3.8, 4) is 0 Å². The minimum atomic E-state index is -0.385. The molecule has 1 heterocycles. The highest BCUT2D eigenvalue weighted by Crippen LogP contribution is 2.26. The Kier molecular flexibility index (Phi) is 9.01. The van der Waals surface area contributed by atoms with Crippen molar-refractivity contribution in [1.82, 2.24) is 9.80 Å². The van der Waals surface area contributed by atoms with Gasteiger partial charge in [0.15, 0.2) is 0 Å². The second-order valence-corrected chi connectivity index (χ2v) is 6.93. The summed E-state index contributed by atoms with van der Waals surface area (Å²) in [6.45, 7) is 6.25. The smallest absolute Gasteiger partial charge is 0.222 e. The predicted molar refractivity (Wildman–Crippen MR) is 111 cm³/mol. The number of rotatable bonds is 7. The Hall–Kier alpha value is -2.02. The molecule has 0 radical (unpaired) electrons. The highest BCUT2D eigenvalue weighted by molar-refractivity contribution is 5.85. The fourth-order valence-electron chi connectivity index (χ4n) is 3.40. The van der Waals surface area contributed by atoms with Gasteiger partial charge in [-0.05, 0) is 35.4 Å². The van der Waals surface area contributed by atoms with Gasteiger partial charge in [0.05, 0.1) is 6.61 Å². The molecule has 0 N–H and O–H groups in total. The summed E-state index contributed by atoms with van der Waals surface area (Å²) in [6.07, 6.45) is 0.157. The van der Waals surface area contributed by atoms with Crippen LogP contribution in [0.3, 0.4) is 0 Å². The lowest BCUT2D eigenvalue weighted by Gasteiger charge is -2.34. The van der Waals surface area contributed by atoms with E-state index in [2.05, 4.69) is 4.90 Å². The molecule has 1 aliphatic rings. The molecule has 1 fully saturated rings. The zero-order valence-corrected chi connectivity index (χ0v) is 17.3. The third kappa shape index (κ3) is 6.49. The Morgan fingerprint density at radius 1 is 0.931 bits per heavy atom. The molecule has 1 aliphatic heterocycles. The Bertz CT molecular complexity index is 718. The molecule has 0 saturated carbocycles. The SMILES string of the molecule is CCC(=O)N1CCN(CCOC(c2ccc(F)cc2)c2ccc(F)cc2)CC1.Cl. The summed E-state index contributed by atoms with van der Waals surface area (Å²) < 4.78 is 32.7. The van der Waals surface area contributed by atoms with Crippen molar-refractivity contribution < 1.29 is 18.3 Å². The second-order valence-electron chi connectivity index (χ2n) is 6.93. The second kappa shape index (κ2) is 11.2. The first kappa shape index (κ1) is 23.3. The summed E-state index contributed by atoms with van der Waals surface area (Å²) >= 11 is 0. The molecule has 0 unspecified atom stereocenters. The highest BCUT2D eigenvalue weighted by atomic mass is 35.5. The van der Waals surface area contributed by atoms with E-state index >= 15 is 0 Å². The first-order valence-corrected chi connectivity index (χ1v) is 9.69. The van der Waals surface area contributed by atoms with Gasteiger partial charge in [-0.15, -0.1) is 12.4 Å². The molecule has 29 heavy (non-hydrogen) atoms. The maximum atomic E-state index is 13.3. The lowest BCUT2D eigenvalue weighted by atomic mass is 10.0. The quantitative estimate of drug-likeness (QED) is 0.672. The maximum absolute atomic E-state index is 13.3. The molecule has 0 aromatic heterocycles. The third-order valence-corrected chi connectivity index (χ3v) is 5.06. The van der Waals surface area contributed by atoms with Gasteiger partial charge in [0.2, 0.25) is 5.91 Å². The van der Waals surface area contributed by atoms with E-state index in [1.54, 1.807) is 24.3 Å². The largest absolute Gasteiger partial charge is 0.367 e. The fourth-order valence-corrected chi connectivity index (χ4v) is 3.40. The number of nitrogens with zero attached hydrogens (tertiary/aromatic N) is 2. The maximum Gasteiger partial charge on any atom is 0.222 e. The van der Waals surface area contributed by atoms with Crippen molar-refractivity contribution in [3.63, 3.8) is 0 Å². The van der Waals surface area contributed by atoms with Crippen LogP contribution in [-0.2, 0) is 9.53 Å². The van der Waals surface area contributed by atoms with E-state index < -0.39 is 0 Å². The van der Waals surface area contributed by atoms with E-state index in [1.165, 1.54) is 24.3 Å². The van der Waals surface area contributed by atoms with Crippen LogP contribution in [0.15, 0.2) is 48.5 Å². The normalized spacial score (nSPS) is 14.7. The predicted octanol–water partition coefficient (Wildman–Crippen LogP) is 4.05. The molecule has 4 nitrogen and oxygen atoms in total. The van der Waals surface area contributed by atoms with Gasteiger partial charge in [0.1, 0.15) is 17.7 Å². The standard InChI is InChI=1S/C22H26F2N2O2.ClH/c1-2-21(27)26-13-11-25(12-14-26)15-16-28-22(17-3-7-19(23)8-4-17)18-5-9-20(24)10-6-18;/h3-10,22H,2,11-16H2,1H3;1H. The lowest BCUT2D eigenvalue weighted by Crippen LogP contribution is -2.49. The van der Waals surface area contributed by atoms with Crippen molar-refractivity contribution in [2.75, 3.05) is 39.3 Å². The summed E-state index contributed by atoms with van der Waals surface area (Å²) in [4.78, 5) is 15.9. The van der Waals surface area contributed by atoms with Gasteiger partial charge in [0, 0.05) is 39.1 Å². The van der Waals surface area contributed by atoms with Crippen LogP contribution in [0.1, 0.15) is 30.6 Å². The van der Waals surface area contributed by atoms with Crippen molar-refractivity contribution >= 4 is 18.3 Å². The molecule has 2 aromatic rings. The number of hydrogen-bond acceptors (Lipinski definition) is 3. The number of carbonyl (C=O) groups excluding carboxylic acids is 1. The Morgan fingerprint density at radius 3 is 1.86 bits per heavy atom. The lowest BCUT2D eigenvalue weighted by molar-refractivity contribution is -0.132. The highest BCUT2D eigenvalue weighted by Gasteiger charge is 2.21. The first-order chi connectivity index (χ1) is 13.6. The topological polar surface area (TPSA) is 32.8 Å². The van der Waals surface area contributed by atoms with E-state index in [9.17, 15) is 13.6 Å². The summed E-state index contributed by atoms with van der Waals surface area (Å²) in [5.74, 6) is -0.411. The molecular formula is C22H27ClF2N2O2. The van der Waals surface area contributed by atoms with E-state index in [0.717, 1.165) is 43.9 Å². The number of hydrogen-bond donors (Lipinski definition) is 0. The van der Waals surface area contributed by atoms with E-state index in [-0.39, 0.29) is 36.1 Å². The average Bonchev–Trinajstić information content (AvgIpc) is 2.73. The summed E-state index contributed by atoms with van der Waals surface area (Å²) in [5.41, 5.74) is 1.65. The van der Waals surface area contributed by atoms with Crippen molar-refractivity contribution in [2.45, 2.75) is 19.4 Å². The van der Waals surface area contributed by atoms with Crippen LogP contribution in [0.2, 0.25) is 0 Å². The fraction of sp³-hybridized carbons (Fsp3) is 0.409. The molecule has 7 heteroatoms. The molecule has 0 atom stereocenters. The molecule has 0 aliphatic carbocycles. The Morgan fingerprint density at radius 2 is 1.41 bits per heavy atom. The van der Waals surface area contributed by atoms with Gasteiger partial charge < -0.3 is 9.64 Å². The van der Waals surface area contributed by atoms with Crippen LogP contribution in [0.25, 0.3) is 0 Å². The van der Waals surface area contributed by atoms with E-state index in [1.807, 2.05) is 11.8 Å². The summed E-state index contributed by atoms with van der Waals surface area (Å²) in [6, 6.07) is 12.4. The Balaban J connectivity index is 0.00000300. The van der Waals surface area contributed by atoms with Crippen molar-refractivity contribution in [2.24, 2.45) is 0 Å². The van der Waals surface area contributed by atoms with E-state index in [4.69, 9.17) is 4.74 Å². The number of benzene rings is 2. The number of ether oxygens (including phenoxy) is 1. The molecule has 0 bridgehead atoms. The number of amides is 1. The van der Waals surface area contributed by atoms with Crippen LogP contribution in [-0.4, -0.2) is 55.0 Å². The summed E-state index contributed by atoms with van der Waals surface area (Å²) in [5, 5.41) is 0. The zero-order valence-electron chi connectivity index (χ0n) is 16.5. The first-order valence-electron chi connectivity index (χ1n) is 9.69. The van der Waals surface area contributed by atoms with Gasteiger partial charge in [0.25, 0.3) is 0 Å². The number of halogens is 3. The molecule has 1 amide bonds. The number of piperazine rings is 1. The van der Waals surface area contributed by atoms with Crippen LogP contribution in [0, 0.1) is 11.6 Å². The van der Waals surface area contributed by atoms with Crippen LogP contribution < -0.4 is 0 Å². The Labute approximate surface area is 176 Å². The van der Waals surface area contributed by atoms with Crippen molar-refractivity contribution in [1.29, 1.82) is 0 Å². The molecule has 0 spiro atoms. The van der Waals surface area contributed by atoms with Gasteiger partial charge in [-0.25, -0.2) is 8.78 Å². The van der Waals surface area contributed by atoms with Gasteiger partial charge in [-0.3, -0.25) is 9.69 Å². The van der Waals surface area contributed by atoms with Gasteiger partial charge >= 0.3 is 0 Å². The molecule has 3 rings (SSSR count). The molecule has 158 valence electrons. The molecular weight excluding hydrogens is 398 g/mol. The van der Waals surface area contributed by atoms with Gasteiger partial charge in [-0.2, -0.15) is 0 Å². The van der Waals surface area contributed by atoms with Crippen LogP contribution in [0.4, 0.5) is 8.78 Å². The summed E-state index contributed by atoms with van der Waals surface area (Å²) in [7, 11) is 0. The zero-order chi connectivity index (χ0) is 19.9. The van der Waals surface area contributed by atoms with Crippen molar-refractivity contribution in [3.05, 3.63) is 71.3 Å². The number of carbonyl (C=O) groups is 1. The molecule has 2 aromatic carbocycles. The minimum absolute atomic E-state index is 0. The van der Waals surface area contributed by atoms with Crippen LogP contribution in [0.5, 0.6) is 0 Å². The van der Waals surface area contributed by atoms with Crippen LogP contribution >= 0.6 is 12.4 Å². The van der Waals surface area contributed by atoms with Gasteiger partial charge in [-0.1, -0.05) is 31.2 Å². The van der Waals surface area contributed by atoms with E-state index in [0.29, 0.717) is 13.0 Å². The third-order valence-electron chi connectivity index (χ3n) is 5.06.